The maximum absolute atomic E-state index is 9.36. The summed E-state index contributed by atoms with van der Waals surface area (Å²) >= 11 is 0. The molecule has 0 atom stereocenters. The van der Waals surface area contributed by atoms with E-state index < -0.39 is 0 Å². The molecule has 102 valence electrons. The highest BCUT2D eigenvalue weighted by Crippen LogP contribution is 2.24. The molecule has 0 radical (unpaired) electrons. The molecule has 2 aromatic carbocycles. The van der Waals surface area contributed by atoms with Crippen molar-refractivity contribution in [2.24, 2.45) is 0 Å². The quantitative estimate of drug-likeness (QED) is 0.583. The molecule has 0 aliphatic rings. The highest BCUT2D eigenvalue weighted by atomic mass is 35.5. The first-order chi connectivity index (χ1) is 8.75. The third kappa shape index (κ3) is 4.81. The van der Waals surface area contributed by atoms with Gasteiger partial charge in [-0.05, 0) is 36.2 Å². The predicted octanol–water partition coefficient (Wildman–Crippen LogP) is 2.85. The molecule has 0 saturated heterocycles. The number of rotatable bonds is 5. The molecule has 0 spiro atoms. The van der Waals surface area contributed by atoms with E-state index in [2.05, 4.69) is 17.4 Å². The van der Waals surface area contributed by atoms with E-state index in [-0.39, 0.29) is 23.9 Å². The summed E-state index contributed by atoms with van der Waals surface area (Å²) in [6, 6.07) is 15.1. The normalized spacial score (nSPS) is 9.89. The molecule has 0 unspecified atom stereocenters. The van der Waals surface area contributed by atoms with E-state index in [0.717, 1.165) is 25.1 Å². The lowest BCUT2D eigenvalue weighted by atomic mass is 10.1. The van der Waals surface area contributed by atoms with Crippen LogP contribution in [-0.2, 0) is 13.0 Å². The third-order valence-electron chi connectivity index (χ3n) is 2.80. The van der Waals surface area contributed by atoms with Crippen molar-refractivity contribution in [3.05, 3.63) is 59.7 Å². The minimum Gasteiger partial charge on any atom is -0.504 e. The van der Waals surface area contributed by atoms with Crippen LogP contribution in [0.1, 0.15) is 11.1 Å². The fourth-order valence-corrected chi connectivity index (χ4v) is 1.79. The molecule has 0 fully saturated rings. The summed E-state index contributed by atoms with van der Waals surface area (Å²) in [5.41, 5.74) is 2.26. The molecule has 2 aromatic rings. The zero-order valence-corrected chi connectivity index (χ0v) is 11.4. The van der Waals surface area contributed by atoms with Gasteiger partial charge < -0.3 is 15.5 Å². The summed E-state index contributed by atoms with van der Waals surface area (Å²) in [6.45, 7) is 1.67. The van der Waals surface area contributed by atoms with Gasteiger partial charge in [-0.15, -0.1) is 12.4 Å². The van der Waals surface area contributed by atoms with Crippen molar-refractivity contribution < 1.29 is 10.2 Å². The number of aromatic hydroxyl groups is 2. The lowest BCUT2D eigenvalue weighted by Crippen LogP contribution is -2.16. The lowest BCUT2D eigenvalue weighted by Gasteiger charge is -2.06. The number of benzene rings is 2. The fraction of sp³-hybridized carbons (Fsp3) is 0.200. The first-order valence-electron chi connectivity index (χ1n) is 6.01. The molecule has 2 rings (SSSR count). The second kappa shape index (κ2) is 7.67. The Hall–Kier alpha value is -1.71. The molecule has 0 heterocycles. The van der Waals surface area contributed by atoms with Crippen molar-refractivity contribution in [1.29, 1.82) is 0 Å². The number of phenolic OH excluding ortho intramolecular Hbond substituents is 2. The second-order valence-corrected chi connectivity index (χ2v) is 4.24. The summed E-state index contributed by atoms with van der Waals surface area (Å²) < 4.78 is 0. The van der Waals surface area contributed by atoms with Crippen molar-refractivity contribution in [3.63, 3.8) is 0 Å². The second-order valence-electron chi connectivity index (χ2n) is 4.24. The van der Waals surface area contributed by atoms with Gasteiger partial charge >= 0.3 is 0 Å². The van der Waals surface area contributed by atoms with Gasteiger partial charge in [-0.3, -0.25) is 0 Å². The Kier molecular flexibility index (Phi) is 6.19. The minimum atomic E-state index is -0.0732. The average Bonchev–Trinajstić information content (AvgIpc) is 2.40. The fourth-order valence-electron chi connectivity index (χ4n) is 1.79. The summed E-state index contributed by atoms with van der Waals surface area (Å²) in [7, 11) is 0. The lowest BCUT2D eigenvalue weighted by molar-refractivity contribution is 0.403. The van der Waals surface area contributed by atoms with Crippen molar-refractivity contribution in [3.8, 4) is 11.5 Å². The number of nitrogens with one attached hydrogen (secondary N) is 1. The van der Waals surface area contributed by atoms with Crippen LogP contribution >= 0.6 is 12.4 Å². The first kappa shape index (κ1) is 15.3. The maximum atomic E-state index is 9.36. The summed E-state index contributed by atoms with van der Waals surface area (Å²) in [5.74, 6) is -0.133. The smallest absolute Gasteiger partial charge is 0.157 e. The Bertz CT molecular complexity index is 503. The molecule has 0 amide bonds. The zero-order valence-electron chi connectivity index (χ0n) is 10.5. The van der Waals surface area contributed by atoms with Gasteiger partial charge in [0.25, 0.3) is 0 Å². The Morgan fingerprint density at radius 1 is 0.842 bits per heavy atom. The van der Waals surface area contributed by atoms with Crippen LogP contribution in [-0.4, -0.2) is 16.8 Å². The number of hydrogen-bond acceptors (Lipinski definition) is 3. The Morgan fingerprint density at radius 2 is 1.58 bits per heavy atom. The number of halogens is 1. The molecule has 0 aromatic heterocycles. The molecule has 0 aliphatic carbocycles. The molecule has 0 saturated carbocycles. The average molecular weight is 280 g/mol. The van der Waals surface area contributed by atoms with Crippen LogP contribution in [0.2, 0.25) is 0 Å². The molecule has 0 bridgehead atoms. The molecule has 0 aliphatic heterocycles. The van der Waals surface area contributed by atoms with E-state index >= 15 is 0 Å². The van der Waals surface area contributed by atoms with Gasteiger partial charge in [0.05, 0.1) is 0 Å². The van der Waals surface area contributed by atoms with Crippen molar-refractivity contribution in [2.45, 2.75) is 13.0 Å². The molecular weight excluding hydrogens is 262 g/mol. The van der Waals surface area contributed by atoms with Crippen molar-refractivity contribution in [1.82, 2.24) is 5.32 Å². The van der Waals surface area contributed by atoms with E-state index in [9.17, 15) is 10.2 Å². The van der Waals surface area contributed by atoms with Crippen LogP contribution in [0.15, 0.2) is 48.5 Å². The SMILES string of the molecule is Cl.Oc1ccc(CCNCc2ccccc2)cc1O. The topological polar surface area (TPSA) is 52.5 Å². The Balaban J connectivity index is 0.00000180. The van der Waals surface area contributed by atoms with Crippen LogP contribution in [0, 0.1) is 0 Å². The molecule has 3 N–H and O–H groups in total. The van der Waals surface area contributed by atoms with Gasteiger partial charge in [-0.1, -0.05) is 36.4 Å². The van der Waals surface area contributed by atoms with E-state index in [4.69, 9.17) is 0 Å². The summed E-state index contributed by atoms with van der Waals surface area (Å²) in [6.07, 6.45) is 0.820. The van der Waals surface area contributed by atoms with Gasteiger partial charge in [0.2, 0.25) is 0 Å². The van der Waals surface area contributed by atoms with Gasteiger partial charge in [-0.2, -0.15) is 0 Å². The Labute approximate surface area is 119 Å². The van der Waals surface area contributed by atoms with E-state index in [0.29, 0.717) is 0 Å². The van der Waals surface area contributed by atoms with E-state index in [1.807, 2.05) is 24.3 Å². The van der Waals surface area contributed by atoms with Crippen molar-refractivity contribution in [2.75, 3.05) is 6.54 Å². The van der Waals surface area contributed by atoms with E-state index in [1.54, 1.807) is 6.07 Å². The van der Waals surface area contributed by atoms with Gasteiger partial charge in [0, 0.05) is 6.54 Å². The van der Waals surface area contributed by atoms with Crippen LogP contribution in [0.5, 0.6) is 11.5 Å². The van der Waals surface area contributed by atoms with Gasteiger partial charge in [0.1, 0.15) is 0 Å². The van der Waals surface area contributed by atoms with Gasteiger partial charge in [-0.25, -0.2) is 0 Å². The maximum Gasteiger partial charge on any atom is 0.157 e. The van der Waals surface area contributed by atoms with Crippen LogP contribution in [0.4, 0.5) is 0 Å². The van der Waals surface area contributed by atoms with Crippen LogP contribution in [0.3, 0.4) is 0 Å². The monoisotopic (exact) mass is 279 g/mol. The third-order valence-corrected chi connectivity index (χ3v) is 2.80. The Morgan fingerprint density at radius 3 is 2.26 bits per heavy atom. The highest BCUT2D eigenvalue weighted by molar-refractivity contribution is 5.85. The number of phenols is 2. The zero-order chi connectivity index (χ0) is 12.8. The van der Waals surface area contributed by atoms with Crippen LogP contribution < -0.4 is 5.32 Å². The first-order valence-corrected chi connectivity index (χ1v) is 6.01. The van der Waals surface area contributed by atoms with E-state index in [1.165, 1.54) is 11.6 Å². The minimum absolute atomic E-state index is 0. The summed E-state index contributed by atoms with van der Waals surface area (Å²) in [4.78, 5) is 0. The van der Waals surface area contributed by atoms with Crippen molar-refractivity contribution >= 4 is 12.4 Å². The predicted molar refractivity (Wildman–Crippen MR) is 78.9 cm³/mol. The number of hydrogen-bond donors (Lipinski definition) is 3. The molecular formula is C15H18ClNO2. The highest BCUT2D eigenvalue weighted by Gasteiger charge is 2.00. The molecule has 19 heavy (non-hydrogen) atoms. The molecule has 3 nitrogen and oxygen atoms in total. The largest absolute Gasteiger partial charge is 0.504 e. The standard InChI is InChI=1S/C15H17NO2.ClH/c17-14-7-6-12(10-15(14)18)8-9-16-11-13-4-2-1-3-5-13;/h1-7,10,16-18H,8-9,11H2;1H. The summed E-state index contributed by atoms with van der Waals surface area (Å²) in [5, 5.41) is 21.9. The molecule has 4 heteroatoms. The van der Waals surface area contributed by atoms with Crippen LogP contribution in [0.25, 0.3) is 0 Å². The van der Waals surface area contributed by atoms with Gasteiger partial charge in [0.15, 0.2) is 11.5 Å².